The largest absolute Gasteiger partial charge is 1.00 e. The molecule has 9 heteroatoms. The summed E-state index contributed by atoms with van der Waals surface area (Å²) in [5, 5.41) is 29.3. The fraction of sp³-hybridized carbons (Fsp3) is 0.700. The molecule has 0 rings (SSSR count). The molecule has 0 saturated heterocycles. The molecule has 0 heterocycles. The number of carboxylic acid groups (broad SMARTS) is 1. The Balaban J connectivity index is 0. The first-order chi connectivity index (χ1) is 8.21. The number of ether oxygens (including phenoxy) is 1. The van der Waals surface area contributed by atoms with Gasteiger partial charge in [-0.15, -0.1) is 11.6 Å². The van der Waals surface area contributed by atoms with E-state index in [-0.39, 0.29) is 35.4 Å². The molecule has 0 bridgehead atoms. The van der Waals surface area contributed by atoms with Crippen molar-refractivity contribution in [2.75, 3.05) is 12.5 Å². The summed E-state index contributed by atoms with van der Waals surface area (Å²) in [5.74, 6) is -3.79. The van der Waals surface area contributed by atoms with E-state index in [1.165, 1.54) is 0 Å². The standard InChI is InChI=1S/C10H15ClO7.Na/c1-6(12)2-10(17,9(15)16)3-8(14)18-5-7(13)4-11;/h7,13,17H,2-5H2,1H3,(H,15,16);/q;+1/p-1. The Bertz CT molecular complexity index is 336. The zero-order chi connectivity index (χ0) is 14.3. The average molecular weight is 305 g/mol. The van der Waals surface area contributed by atoms with Crippen LogP contribution in [0.2, 0.25) is 0 Å². The maximum Gasteiger partial charge on any atom is 1.00 e. The normalized spacial score (nSPS) is 14.7. The smallest absolute Gasteiger partial charge is 0.547 e. The van der Waals surface area contributed by atoms with Crippen molar-refractivity contribution in [1.82, 2.24) is 0 Å². The molecule has 0 aromatic carbocycles. The molecule has 104 valence electrons. The number of carbonyl (C=O) groups is 3. The van der Waals surface area contributed by atoms with E-state index in [4.69, 9.17) is 16.7 Å². The Morgan fingerprint density at radius 3 is 2.26 bits per heavy atom. The number of aliphatic hydroxyl groups excluding tert-OH is 1. The topological polar surface area (TPSA) is 124 Å². The number of carboxylic acids is 1. The van der Waals surface area contributed by atoms with E-state index >= 15 is 0 Å². The van der Waals surface area contributed by atoms with E-state index in [0.717, 1.165) is 6.92 Å². The molecule has 0 spiro atoms. The number of alkyl halides is 1. The monoisotopic (exact) mass is 304 g/mol. The minimum Gasteiger partial charge on any atom is -0.547 e. The van der Waals surface area contributed by atoms with Gasteiger partial charge in [0.15, 0.2) is 0 Å². The molecule has 2 unspecified atom stereocenters. The van der Waals surface area contributed by atoms with Crippen LogP contribution in [0.1, 0.15) is 19.8 Å². The van der Waals surface area contributed by atoms with Crippen LogP contribution in [0, 0.1) is 0 Å². The maximum atomic E-state index is 11.2. The number of rotatable bonds is 8. The van der Waals surface area contributed by atoms with Crippen molar-refractivity contribution >= 4 is 29.3 Å². The van der Waals surface area contributed by atoms with E-state index in [2.05, 4.69) is 4.74 Å². The summed E-state index contributed by atoms with van der Waals surface area (Å²) in [5.41, 5.74) is -2.60. The molecule has 0 amide bonds. The van der Waals surface area contributed by atoms with Crippen LogP contribution in [0.5, 0.6) is 0 Å². The third-order valence-electron chi connectivity index (χ3n) is 1.97. The van der Waals surface area contributed by atoms with E-state index < -0.39 is 48.9 Å². The number of halogens is 1. The molecule has 2 N–H and O–H groups in total. The molecule has 0 aliphatic rings. The van der Waals surface area contributed by atoms with Gasteiger partial charge >= 0.3 is 35.5 Å². The second kappa shape index (κ2) is 9.68. The van der Waals surface area contributed by atoms with Crippen LogP contribution in [-0.2, 0) is 19.1 Å². The van der Waals surface area contributed by atoms with Crippen molar-refractivity contribution in [3.63, 3.8) is 0 Å². The summed E-state index contributed by atoms with van der Waals surface area (Å²) in [6.07, 6.45) is -2.79. The summed E-state index contributed by atoms with van der Waals surface area (Å²) in [7, 11) is 0. The molecule has 19 heavy (non-hydrogen) atoms. The van der Waals surface area contributed by atoms with Gasteiger partial charge < -0.3 is 24.9 Å². The van der Waals surface area contributed by atoms with E-state index in [1.54, 1.807) is 0 Å². The summed E-state index contributed by atoms with van der Waals surface area (Å²) in [6, 6.07) is 0. The molecule has 2 atom stereocenters. The van der Waals surface area contributed by atoms with Crippen molar-refractivity contribution in [3.05, 3.63) is 0 Å². The maximum absolute atomic E-state index is 11.2. The molecule has 0 aliphatic heterocycles. The minimum absolute atomic E-state index is 0. The van der Waals surface area contributed by atoms with Gasteiger partial charge in [-0.25, -0.2) is 0 Å². The van der Waals surface area contributed by atoms with Gasteiger partial charge in [0.2, 0.25) is 0 Å². The van der Waals surface area contributed by atoms with Crippen LogP contribution in [-0.4, -0.2) is 52.1 Å². The van der Waals surface area contributed by atoms with Gasteiger partial charge in [0.05, 0.1) is 18.3 Å². The first-order valence-corrected chi connectivity index (χ1v) is 5.57. The number of hydrogen-bond donors (Lipinski definition) is 2. The fourth-order valence-corrected chi connectivity index (χ4v) is 1.23. The van der Waals surface area contributed by atoms with Gasteiger partial charge in [-0.2, -0.15) is 0 Å². The van der Waals surface area contributed by atoms with Gasteiger partial charge in [0, 0.05) is 6.42 Å². The van der Waals surface area contributed by atoms with Crippen LogP contribution in [0.15, 0.2) is 0 Å². The number of ketones is 1. The van der Waals surface area contributed by atoms with E-state index in [0.29, 0.717) is 0 Å². The van der Waals surface area contributed by atoms with Gasteiger partial charge in [-0.1, -0.05) is 0 Å². The average Bonchev–Trinajstić information content (AvgIpc) is 2.24. The van der Waals surface area contributed by atoms with Crippen LogP contribution in [0.4, 0.5) is 0 Å². The Hall–Kier alpha value is -0.180. The quantitative estimate of drug-likeness (QED) is 0.261. The zero-order valence-electron chi connectivity index (χ0n) is 10.7. The molecule has 0 fully saturated rings. The predicted octanol–water partition coefficient (Wildman–Crippen LogP) is -5.02. The Morgan fingerprint density at radius 2 is 1.89 bits per heavy atom. The summed E-state index contributed by atoms with van der Waals surface area (Å²) < 4.78 is 4.49. The van der Waals surface area contributed by atoms with Crippen molar-refractivity contribution in [2.24, 2.45) is 0 Å². The second-order valence-corrected chi connectivity index (χ2v) is 4.17. The summed E-state index contributed by atoms with van der Waals surface area (Å²) >= 11 is 5.25. The third kappa shape index (κ3) is 8.56. The zero-order valence-corrected chi connectivity index (χ0v) is 13.5. The number of carbonyl (C=O) groups excluding carboxylic acids is 3. The van der Waals surface area contributed by atoms with Crippen LogP contribution in [0.3, 0.4) is 0 Å². The van der Waals surface area contributed by atoms with Gasteiger partial charge in [-0.05, 0) is 6.92 Å². The number of Topliss-reactive ketones (excluding diaryl/α,β-unsaturated/α-hetero) is 1. The minimum atomic E-state index is -2.60. The van der Waals surface area contributed by atoms with Gasteiger partial charge in [-0.3, -0.25) is 9.59 Å². The molecular weight excluding hydrogens is 291 g/mol. The summed E-state index contributed by atoms with van der Waals surface area (Å²) in [6.45, 7) is 0.641. The molecule has 0 saturated carbocycles. The third-order valence-corrected chi connectivity index (χ3v) is 2.33. The van der Waals surface area contributed by atoms with Crippen LogP contribution in [0.25, 0.3) is 0 Å². The number of aliphatic hydroxyl groups is 2. The first kappa shape index (κ1) is 21.1. The predicted molar refractivity (Wildman–Crippen MR) is 57.6 cm³/mol. The van der Waals surface area contributed by atoms with Crippen molar-refractivity contribution in [3.8, 4) is 0 Å². The Labute approximate surface area is 137 Å². The fourth-order valence-electron chi connectivity index (χ4n) is 1.14. The second-order valence-electron chi connectivity index (χ2n) is 3.87. The van der Waals surface area contributed by atoms with Crippen molar-refractivity contribution in [1.29, 1.82) is 0 Å². The number of aliphatic carboxylic acids is 1. The molecule has 0 radical (unpaired) electrons. The first-order valence-electron chi connectivity index (χ1n) is 5.04. The van der Waals surface area contributed by atoms with Crippen LogP contribution < -0.4 is 34.7 Å². The van der Waals surface area contributed by atoms with Crippen molar-refractivity contribution in [2.45, 2.75) is 31.5 Å². The van der Waals surface area contributed by atoms with E-state index in [9.17, 15) is 24.6 Å². The molecule has 0 aromatic rings. The number of esters is 1. The summed E-state index contributed by atoms with van der Waals surface area (Å²) in [4.78, 5) is 32.7. The Morgan fingerprint density at radius 1 is 1.37 bits per heavy atom. The Kier molecular flexibility index (Phi) is 10.8. The number of hydrogen-bond acceptors (Lipinski definition) is 7. The van der Waals surface area contributed by atoms with Gasteiger partial charge in [0.25, 0.3) is 0 Å². The SMILES string of the molecule is CC(=O)CC(O)(CC(=O)OCC(O)CCl)C(=O)[O-].[Na+]. The molecule has 7 nitrogen and oxygen atoms in total. The van der Waals surface area contributed by atoms with Gasteiger partial charge in [0.1, 0.15) is 24.1 Å². The molecule has 0 aromatic heterocycles. The molecular formula is C10H14ClNaO7. The van der Waals surface area contributed by atoms with Crippen LogP contribution >= 0.6 is 11.6 Å². The van der Waals surface area contributed by atoms with E-state index in [1.807, 2.05) is 0 Å². The molecule has 0 aliphatic carbocycles. The van der Waals surface area contributed by atoms with Crippen molar-refractivity contribution < 1.29 is 64.0 Å².